The third-order valence-electron chi connectivity index (χ3n) is 2.36. The van der Waals surface area contributed by atoms with Crippen molar-refractivity contribution < 1.29 is 33.4 Å². The van der Waals surface area contributed by atoms with Crippen molar-refractivity contribution in [2.24, 2.45) is 5.73 Å². The fourth-order valence-electron chi connectivity index (χ4n) is 1.27. The molecule has 0 heterocycles. The Hall–Kier alpha value is -0.290. The second-order valence-electron chi connectivity index (χ2n) is 4.21. The minimum atomic E-state index is -3.37. The minimum absolute atomic E-state index is 0.143. The first-order valence-electron chi connectivity index (χ1n) is 6.82. The van der Waals surface area contributed by atoms with Crippen molar-refractivity contribution in [3.05, 3.63) is 0 Å². The highest BCUT2D eigenvalue weighted by atomic mass is 33.1. The van der Waals surface area contributed by atoms with Crippen LogP contribution in [0.25, 0.3) is 0 Å². The van der Waals surface area contributed by atoms with E-state index in [0.29, 0.717) is 0 Å². The van der Waals surface area contributed by atoms with Gasteiger partial charge in [0.05, 0.1) is 19.5 Å². The molecule has 23 heavy (non-hydrogen) atoms. The van der Waals surface area contributed by atoms with Gasteiger partial charge in [0.1, 0.15) is 12.1 Å². The Labute approximate surface area is 143 Å². The van der Waals surface area contributed by atoms with E-state index in [4.69, 9.17) is 25.0 Å². The van der Waals surface area contributed by atoms with Crippen LogP contribution >= 0.6 is 29.2 Å². The van der Waals surface area contributed by atoms with Crippen LogP contribution in [0.3, 0.4) is 0 Å². The molecule has 0 bridgehead atoms. The molecule has 0 amide bonds. The Morgan fingerprint density at radius 1 is 1.13 bits per heavy atom. The van der Waals surface area contributed by atoms with Crippen molar-refractivity contribution in [2.45, 2.75) is 25.9 Å². The van der Waals surface area contributed by atoms with E-state index in [9.17, 15) is 14.2 Å². The van der Waals surface area contributed by atoms with Gasteiger partial charge in [-0.2, -0.15) is 0 Å². The highest BCUT2D eigenvalue weighted by Crippen LogP contribution is 2.46. The lowest BCUT2D eigenvalue weighted by Gasteiger charge is -2.20. The molecule has 0 radical (unpaired) electrons. The van der Waals surface area contributed by atoms with E-state index in [1.807, 2.05) is 0 Å². The third kappa shape index (κ3) is 10.2. The smallest absolute Gasteiger partial charge is 0.344 e. The zero-order chi connectivity index (χ0) is 17.9. The molecule has 0 aromatic carbocycles. The number of carboxylic acids is 2. The first-order valence-corrected chi connectivity index (χ1v) is 11.0. The van der Waals surface area contributed by atoms with E-state index in [2.05, 4.69) is 5.32 Å². The van der Waals surface area contributed by atoms with E-state index in [1.165, 1.54) is 21.6 Å². The molecule has 0 aliphatic carbocycles. The van der Waals surface area contributed by atoms with Crippen LogP contribution in [0, 0.1) is 0 Å². The molecule has 1 unspecified atom stereocenters. The van der Waals surface area contributed by atoms with Gasteiger partial charge < -0.3 is 25.0 Å². The van der Waals surface area contributed by atoms with Crippen LogP contribution in [0.2, 0.25) is 0 Å². The predicted molar refractivity (Wildman–Crippen MR) is 90.8 cm³/mol. The number of rotatable bonds is 14. The summed E-state index contributed by atoms with van der Waals surface area (Å²) in [6.07, 6.45) is -0.217. The Bertz CT molecular complexity index is 417. The predicted octanol–water partition coefficient (Wildman–Crippen LogP) is 1.05. The van der Waals surface area contributed by atoms with Crippen molar-refractivity contribution in [3.8, 4) is 0 Å². The molecule has 0 aliphatic rings. The van der Waals surface area contributed by atoms with Gasteiger partial charge in [0, 0.05) is 11.5 Å². The van der Waals surface area contributed by atoms with E-state index >= 15 is 0 Å². The van der Waals surface area contributed by atoms with Gasteiger partial charge in [-0.1, -0.05) is 21.6 Å². The van der Waals surface area contributed by atoms with E-state index < -0.39 is 31.6 Å². The number of hydrogen-bond donors (Lipinski definition) is 4. The Kier molecular flexibility index (Phi) is 12.0. The number of hydrogen-bond acceptors (Lipinski definition) is 9. The zero-order valence-corrected chi connectivity index (χ0v) is 15.5. The maximum atomic E-state index is 12.2. The summed E-state index contributed by atoms with van der Waals surface area (Å²) in [5, 5.41) is 20.4. The maximum Gasteiger partial charge on any atom is 0.344 e. The van der Waals surface area contributed by atoms with Gasteiger partial charge in [0.25, 0.3) is 0 Å². The second-order valence-corrected chi connectivity index (χ2v) is 8.82. The molecule has 12 heteroatoms. The van der Waals surface area contributed by atoms with Crippen molar-refractivity contribution in [1.29, 1.82) is 0 Å². The second kappa shape index (κ2) is 12.1. The van der Waals surface area contributed by atoms with Crippen molar-refractivity contribution >= 4 is 41.1 Å². The van der Waals surface area contributed by atoms with Gasteiger partial charge in [0.2, 0.25) is 0 Å². The lowest BCUT2D eigenvalue weighted by atomic mass is 10.3. The number of nitrogens with two attached hydrogens (primary N) is 1. The van der Waals surface area contributed by atoms with Gasteiger partial charge in [-0.05, 0) is 13.8 Å². The molecule has 0 saturated heterocycles. The zero-order valence-electron chi connectivity index (χ0n) is 13.0. The standard InChI is InChI=1S/C11H23N2O7PS2/c1-3-19-21(18,20-4-2)7-13-9(11(16)17)6-23-22-5-8(12)10(14)15/h8-9,13H,3-7,12H2,1-2H3,(H,14,15)(H,16,17)/t8?,9-/m0/s1. The number of nitrogens with one attached hydrogen (secondary N) is 1. The monoisotopic (exact) mass is 390 g/mol. The molecule has 0 aromatic heterocycles. The Morgan fingerprint density at radius 2 is 1.65 bits per heavy atom. The van der Waals surface area contributed by atoms with Gasteiger partial charge in [-0.3, -0.25) is 19.5 Å². The van der Waals surface area contributed by atoms with Gasteiger partial charge in [-0.25, -0.2) is 0 Å². The Balaban J connectivity index is 4.33. The fourth-order valence-corrected chi connectivity index (χ4v) is 5.06. The first kappa shape index (κ1) is 22.7. The summed E-state index contributed by atoms with van der Waals surface area (Å²) in [5.41, 5.74) is 5.34. The van der Waals surface area contributed by atoms with Gasteiger partial charge >= 0.3 is 19.5 Å². The van der Waals surface area contributed by atoms with Crippen LogP contribution in [0.4, 0.5) is 0 Å². The summed E-state index contributed by atoms with van der Waals surface area (Å²) in [6.45, 7) is 3.71. The summed E-state index contributed by atoms with van der Waals surface area (Å²) in [5.74, 6) is -1.92. The fraction of sp³-hybridized carbons (Fsp3) is 0.818. The van der Waals surface area contributed by atoms with E-state index in [1.54, 1.807) is 13.8 Å². The lowest BCUT2D eigenvalue weighted by molar-refractivity contribution is -0.139. The Morgan fingerprint density at radius 3 is 2.09 bits per heavy atom. The molecular weight excluding hydrogens is 367 g/mol. The number of carbonyl (C=O) groups is 2. The molecule has 0 fully saturated rings. The molecule has 5 N–H and O–H groups in total. The third-order valence-corrected chi connectivity index (χ3v) is 6.68. The molecular formula is C11H23N2O7PS2. The molecule has 2 atom stereocenters. The molecule has 0 saturated carbocycles. The number of aliphatic carboxylic acids is 2. The van der Waals surface area contributed by atoms with Crippen LogP contribution in [0.5, 0.6) is 0 Å². The SMILES string of the molecule is CCOP(=O)(CN[C@@H](CSSCC(N)C(=O)O)C(=O)O)OCC. The van der Waals surface area contributed by atoms with Crippen LogP contribution in [0.1, 0.15) is 13.8 Å². The largest absolute Gasteiger partial charge is 0.480 e. The van der Waals surface area contributed by atoms with Crippen LogP contribution in [-0.4, -0.2) is 65.2 Å². The van der Waals surface area contributed by atoms with Crippen LogP contribution in [-0.2, 0) is 23.2 Å². The summed E-state index contributed by atoms with van der Waals surface area (Å²) in [6, 6.07) is -1.97. The summed E-state index contributed by atoms with van der Waals surface area (Å²) in [7, 11) is -1.03. The normalized spacial score (nSPS) is 14.4. The van der Waals surface area contributed by atoms with Gasteiger partial charge in [0.15, 0.2) is 0 Å². The summed E-state index contributed by atoms with van der Waals surface area (Å²) >= 11 is 0. The van der Waals surface area contributed by atoms with Crippen molar-refractivity contribution in [1.82, 2.24) is 5.32 Å². The van der Waals surface area contributed by atoms with E-state index in [0.717, 1.165) is 0 Å². The average molecular weight is 390 g/mol. The number of carboxylic acid groups (broad SMARTS) is 2. The summed E-state index contributed by atoms with van der Waals surface area (Å²) < 4.78 is 22.4. The molecule has 136 valence electrons. The first-order chi connectivity index (χ1) is 10.8. The van der Waals surface area contributed by atoms with Gasteiger partial charge in [-0.15, -0.1) is 0 Å². The molecule has 9 nitrogen and oxygen atoms in total. The average Bonchev–Trinajstić information content (AvgIpc) is 2.46. The highest BCUT2D eigenvalue weighted by Gasteiger charge is 2.27. The van der Waals surface area contributed by atoms with Crippen molar-refractivity contribution in [3.63, 3.8) is 0 Å². The van der Waals surface area contributed by atoms with Crippen molar-refractivity contribution in [2.75, 3.05) is 31.0 Å². The topological polar surface area (TPSA) is 148 Å². The highest BCUT2D eigenvalue weighted by molar-refractivity contribution is 8.76. The minimum Gasteiger partial charge on any atom is -0.480 e. The molecule has 0 rings (SSSR count). The van der Waals surface area contributed by atoms with Crippen LogP contribution in [0.15, 0.2) is 0 Å². The molecule has 0 spiro atoms. The molecule has 0 aliphatic heterocycles. The maximum absolute atomic E-state index is 12.2. The lowest BCUT2D eigenvalue weighted by Crippen LogP contribution is -2.39. The van der Waals surface area contributed by atoms with Crippen LogP contribution < -0.4 is 11.1 Å². The summed E-state index contributed by atoms with van der Waals surface area (Å²) in [4.78, 5) is 21.8. The quantitative estimate of drug-likeness (QED) is 0.191. The molecule has 0 aromatic rings. The van der Waals surface area contributed by atoms with E-state index in [-0.39, 0.29) is 31.0 Å².